The monoisotopic (exact) mass is 423 g/mol. The number of anilines is 1. The number of halogens is 1. The molecule has 0 spiro atoms. The van der Waals surface area contributed by atoms with E-state index in [1.165, 1.54) is 24.6 Å². The molecule has 0 saturated heterocycles. The van der Waals surface area contributed by atoms with Crippen molar-refractivity contribution in [2.24, 2.45) is 34.2 Å². The molecule has 1 amide bonds. The number of aromatic nitrogens is 2. The number of nitrogens with zero attached hydrogens (tertiary/aromatic N) is 3. The summed E-state index contributed by atoms with van der Waals surface area (Å²) in [6.45, 7) is 8.03. The van der Waals surface area contributed by atoms with E-state index in [0.29, 0.717) is 22.9 Å². The van der Waals surface area contributed by atoms with Crippen LogP contribution in [-0.4, -0.2) is 35.7 Å². The van der Waals surface area contributed by atoms with Crippen LogP contribution >= 0.6 is 11.6 Å². The Morgan fingerprint density at radius 2 is 2.24 bits per heavy atom. The maximum Gasteiger partial charge on any atom is 0.287 e. The van der Waals surface area contributed by atoms with Crippen LogP contribution in [-0.2, 0) is 16.2 Å². The highest BCUT2D eigenvalue weighted by Gasteiger charge is 2.55. The summed E-state index contributed by atoms with van der Waals surface area (Å²) in [5.41, 5.74) is 0.600. The summed E-state index contributed by atoms with van der Waals surface area (Å²) >= 11 is 6.28. The Morgan fingerprint density at radius 1 is 1.48 bits per heavy atom. The summed E-state index contributed by atoms with van der Waals surface area (Å²) < 4.78 is 1.20. The number of nitrogens with one attached hydrogen (secondary N) is 2. The van der Waals surface area contributed by atoms with Gasteiger partial charge in [0.05, 0.1) is 18.4 Å². The van der Waals surface area contributed by atoms with Gasteiger partial charge in [-0.2, -0.15) is 5.10 Å². The number of aryl methyl sites for hydroxylation is 1. The number of fused-ring (bicyclic) bond motifs is 2. The second kappa shape index (κ2) is 8.73. The van der Waals surface area contributed by atoms with Gasteiger partial charge in [-0.25, -0.2) is 4.68 Å². The fourth-order valence-corrected chi connectivity index (χ4v) is 5.16. The molecule has 2 bridgehead atoms. The quantitative estimate of drug-likeness (QED) is 0.380. The van der Waals surface area contributed by atoms with Crippen LogP contribution in [0.3, 0.4) is 0 Å². The number of carbonyl (C=O) groups is 1. The van der Waals surface area contributed by atoms with Crippen LogP contribution in [0.2, 0.25) is 5.02 Å². The molecule has 160 valence electrons. The van der Waals surface area contributed by atoms with Gasteiger partial charge in [-0.15, -0.1) is 0 Å². The third-order valence-electron chi connectivity index (χ3n) is 6.99. The van der Waals surface area contributed by atoms with Crippen molar-refractivity contribution < 1.29 is 9.63 Å². The second-order valence-corrected chi connectivity index (χ2v) is 9.11. The zero-order valence-corrected chi connectivity index (χ0v) is 18.2. The minimum Gasteiger partial charge on any atom is -0.398 e. The van der Waals surface area contributed by atoms with Crippen molar-refractivity contribution in [1.82, 2.24) is 15.1 Å². The van der Waals surface area contributed by atoms with Crippen LogP contribution in [0.1, 0.15) is 40.0 Å². The van der Waals surface area contributed by atoms with Gasteiger partial charge in [0.25, 0.3) is 5.56 Å². The minimum absolute atomic E-state index is 0.0733. The van der Waals surface area contributed by atoms with E-state index in [0.717, 1.165) is 24.7 Å². The summed E-state index contributed by atoms with van der Waals surface area (Å²) in [6, 6.07) is 0. The molecular formula is C20H30ClN5O3. The van der Waals surface area contributed by atoms with E-state index in [2.05, 4.69) is 46.5 Å². The minimum atomic E-state index is -0.407. The average Bonchev–Trinajstić information content (AvgIpc) is 2.69. The van der Waals surface area contributed by atoms with Crippen LogP contribution < -0.4 is 16.2 Å². The molecule has 9 heteroatoms. The molecule has 29 heavy (non-hydrogen) atoms. The van der Waals surface area contributed by atoms with E-state index in [9.17, 15) is 9.59 Å². The molecule has 1 unspecified atom stereocenters. The maximum atomic E-state index is 12.5. The Morgan fingerprint density at radius 3 is 2.90 bits per heavy atom. The molecule has 4 rings (SSSR count). The summed E-state index contributed by atoms with van der Waals surface area (Å²) in [5, 5.41) is 13.4. The maximum absolute atomic E-state index is 12.5. The van der Waals surface area contributed by atoms with Crippen LogP contribution in [0.4, 0.5) is 5.69 Å². The first-order chi connectivity index (χ1) is 13.8. The van der Waals surface area contributed by atoms with Crippen molar-refractivity contribution in [2.45, 2.75) is 46.6 Å². The first-order valence-electron chi connectivity index (χ1n) is 10.1. The summed E-state index contributed by atoms with van der Waals surface area (Å²) in [4.78, 5) is 28.6. The smallest absolute Gasteiger partial charge is 0.287 e. The van der Waals surface area contributed by atoms with Crippen molar-refractivity contribution in [3.8, 4) is 0 Å². The number of rotatable bonds is 8. The molecule has 0 aromatic carbocycles. The van der Waals surface area contributed by atoms with Gasteiger partial charge < -0.3 is 15.5 Å². The van der Waals surface area contributed by atoms with Crippen molar-refractivity contribution in [2.75, 3.05) is 19.0 Å². The van der Waals surface area contributed by atoms with Crippen LogP contribution in [0.5, 0.6) is 0 Å². The van der Waals surface area contributed by atoms with Crippen molar-refractivity contribution in [3.63, 3.8) is 0 Å². The fourth-order valence-electron chi connectivity index (χ4n) is 4.95. The molecule has 1 aromatic rings. The van der Waals surface area contributed by atoms with Gasteiger partial charge in [0, 0.05) is 13.0 Å². The number of amides is 1. The Labute approximate surface area is 176 Å². The van der Waals surface area contributed by atoms with E-state index < -0.39 is 5.56 Å². The topological polar surface area (TPSA) is 97.6 Å². The number of oxime groups is 1. The third kappa shape index (κ3) is 4.42. The van der Waals surface area contributed by atoms with Crippen LogP contribution in [0.25, 0.3) is 0 Å². The molecule has 2 N–H and O–H groups in total. The predicted molar refractivity (Wildman–Crippen MR) is 113 cm³/mol. The van der Waals surface area contributed by atoms with Gasteiger partial charge >= 0.3 is 0 Å². The zero-order valence-electron chi connectivity index (χ0n) is 17.4. The first-order valence-corrected chi connectivity index (χ1v) is 10.5. The summed E-state index contributed by atoms with van der Waals surface area (Å²) in [6.07, 6.45) is 5.33. The third-order valence-corrected chi connectivity index (χ3v) is 7.35. The van der Waals surface area contributed by atoms with Crippen LogP contribution in [0.15, 0.2) is 16.1 Å². The molecule has 8 nitrogen and oxygen atoms in total. The number of hydrogen-bond donors (Lipinski definition) is 2. The lowest BCUT2D eigenvalue weighted by Gasteiger charge is -2.62. The Kier molecular flexibility index (Phi) is 6.51. The van der Waals surface area contributed by atoms with Gasteiger partial charge in [0.1, 0.15) is 18.5 Å². The average molecular weight is 424 g/mol. The lowest BCUT2D eigenvalue weighted by molar-refractivity contribution is -0.125. The molecule has 4 atom stereocenters. The lowest BCUT2D eigenvalue weighted by atomic mass is 9.43. The van der Waals surface area contributed by atoms with Gasteiger partial charge in [-0.05, 0) is 41.9 Å². The van der Waals surface area contributed by atoms with Crippen molar-refractivity contribution in [1.29, 1.82) is 0 Å². The van der Waals surface area contributed by atoms with Gasteiger partial charge in [-0.1, -0.05) is 37.5 Å². The highest BCUT2D eigenvalue weighted by atomic mass is 35.5. The van der Waals surface area contributed by atoms with Crippen molar-refractivity contribution >= 4 is 29.5 Å². The standard InChI is InChI=1S/C20H30ClN5O3/c1-12-13(7-14-8-15(12)20(14,2)3)9-22-16-10-24-26(19(28)18(16)21)6-5-17(27)23-11-25-29-4/h10-15,22H,5-9H2,1-4H3,(H,23,25,27)/t12-,13?,14+,15+/m0/s1. The Bertz CT molecular complexity index is 838. The fraction of sp³-hybridized carbons (Fsp3) is 0.700. The largest absolute Gasteiger partial charge is 0.398 e. The zero-order chi connectivity index (χ0) is 21.2. The number of carbonyl (C=O) groups excluding carboxylic acids is 1. The molecular weight excluding hydrogens is 394 g/mol. The van der Waals surface area contributed by atoms with Crippen molar-refractivity contribution in [3.05, 3.63) is 21.6 Å². The molecule has 0 radical (unpaired) electrons. The predicted octanol–water partition coefficient (Wildman–Crippen LogP) is 2.72. The molecule has 3 saturated carbocycles. The summed E-state index contributed by atoms with van der Waals surface area (Å²) in [5.74, 6) is 2.48. The molecule has 3 aliphatic rings. The molecule has 3 aliphatic carbocycles. The van der Waals surface area contributed by atoms with Gasteiger partial charge in [-0.3, -0.25) is 9.59 Å². The first kappa shape index (κ1) is 21.6. The molecule has 3 fully saturated rings. The summed E-state index contributed by atoms with van der Waals surface area (Å²) in [7, 11) is 1.38. The Balaban J connectivity index is 1.55. The van der Waals surface area contributed by atoms with E-state index in [-0.39, 0.29) is 23.9 Å². The molecule has 0 aliphatic heterocycles. The SMILES string of the molecule is CO/N=C\NC(=O)CCn1ncc(NCC2C[C@@H]3C[C@H]([C@H]2C)C3(C)C)c(Cl)c1=O. The Hall–Kier alpha value is -2.09. The highest BCUT2D eigenvalue weighted by Crippen LogP contribution is 2.62. The van der Waals surface area contributed by atoms with Gasteiger partial charge in [0.15, 0.2) is 0 Å². The molecule has 1 heterocycles. The van der Waals surface area contributed by atoms with E-state index in [4.69, 9.17) is 11.6 Å². The van der Waals surface area contributed by atoms with Gasteiger partial charge in [0.2, 0.25) is 5.91 Å². The van der Waals surface area contributed by atoms with E-state index in [1.807, 2.05) is 0 Å². The molecule has 1 aromatic heterocycles. The lowest BCUT2D eigenvalue weighted by Crippen LogP contribution is -2.55. The second-order valence-electron chi connectivity index (χ2n) is 8.73. The van der Waals surface area contributed by atoms with E-state index >= 15 is 0 Å². The number of hydrogen-bond acceptors (Lipinski definition) is 6. The van der Waals surface area contributed by atoms with Crippen LogP contribution in [0, 0.1) is 29.1 Å². The highest BCUT2D eigenvalue weighted by molar-refractivity contribution is 6.32. The normalized spacial score (nSPS) is 27.3. The van der Waals surface area contributed by atoms with E-state index in [1.54, 1.807) is 6.20 Å².